The minimum Gasteiger partial charge on any atom is -0.429 e. The normalized spacial score (nSPS) is 16.9. The Hall–Kier alpha value is -3.29. The van der Waals surface area contributed by atoms with Gasteiger partial charge >= 0.3 is 6.11 Å². The van der Waals surface area contributed by atoms with E-state index in [1.807, 2.05) is 6.92 Å². The lowest BCUT2D eigenvalue weighted by atomic mass is 9.97. The van der Waals surface area contributed by atoms with Crippen LogP contribution in [0.25, 0.3) is 22.3 Å². The lowest BCUT2D eigenvalue weighted by Crippen LogP contribution is -2.25. The topological polar surface area (TPSA) is 18.5 Å². The fraction of sp³-hybridized carbons (Fsp3) is 0.273. The smallest absolute Gasteiger partial charge is 0.429 e. The average Bonchev–Trinajstić information content (AvgIpc) is 2.99. The first-order valence-electron chi connectivity index (χ1n) is 14.0. The van der Waals surface area contributed by atoms with Gasteiger partial charge in [0.1, 0.15) is 34.6 Å². The van der Waals surface area contributed by atoms with Gasteiger partial charge in [-0.05, 0) is 71.7 Å². The maximum Gasteiger partial charge on any atom is 0.432 e. The summed E-state index contributed by atoms with van der Waals surface area (Å²) in [5, 5.41) is 0. The van der Waals surface area contributed by atoms with Gasteiger partial charge in [0.05, 0.1) is 4.58 Å². The number of alkyl halides is 2. The zero-order chi connectivity index (χ0) is 33.2. The Kier molecular flexibility index (Phi) is 10.5. The Bertz CT molecular complexity index is 1680. The zero-order valence-electron chi connectivity index (χ0n) is 24.0. The molecule has 244 valence electrons. The highest BCUT2D eigenvalue weighted by molar-refractivity contribution is 8.16. The minimum absolute atomic E-state index is 0.0366. The third-order valence-corrected chi connectivity index (χ3v) is 10.5. The van der Waals surface area contributed by atoms with Gasteiger partial charge in [0.25, 0.3) is 0 Å². The largest absolute Gasteiger partial charge is 0.432 e. The van der Waals surface area contributed by atoms with Gasteiger partial charge in [-0.1, -0.05) is 24.3 Å². The summed E-state index contributed by atoms with van der Waals surface area (Å²) >= 11 is 3.44. The van der Waals surface area contributed by atoms with Crippen LogP contribution in [0.1, 0.15) is 29.1 Å². The predicted octanol–water partition coefficient (Wildman–Crippen LogP) is 10.6. The van der Waals surface area contributed by atoms with E-state index in [-0.39, 0.29) is 33.4 Å². The van der Waals surface area contributed by atoms with Crippen molar-refractivity contribution in [3.63, 3.8) is 0 Å². The molecule has 0 aliphatic carbocycles. The molecule has 0 amide bonds. The van der Waals surface area contributed by atoms with Crippen LogP contribution >= 0.6 is 23.5 Å². The first kappa shape index (κ1) is 34.1. The average molecular weight is 689 g/mol. The van der Waals surface area contributed by atoms with Crippen molar-refractivity contribution in [2.75, 3.05) is 24.7 Å². The second kappa shape index (κ2) is 14.2. The maximum absolute atomic E-state index is 15.2. The number of rotatable bonds is 10. The molecule has 0 spiro atoms. The minimum atomic E-state index is -4.80. The Morgan fingerprint density at radius 2 is 1.26 bits per heavy atom. The van der Waals surface area contributed by atoms with Crippen molar-refractivity contribution in [2.45, 2.75) is 24.0 Å². The van der Waals surface area contributed by atoms with Gasteiger partial charge in [-0.15, -0.1) is 23.5 Å². The Morgan fingerprint density at radius 1 is 0.696 bits per heavy atom. The van der Waals surface area contributed by atoms with Crippen molar-refractivity contribution >= 4 is 23.5 Å². The molecule has 2 nitrogen and oxygen atoms in total. The van der Waals surface area contributed by atoms with Crippen LogP contribution in [0.3, 0.4) is 0 Å². The van der Waals surface area contributed by atoms with E-state index in [9.17, 15) is 30.7 Å². The SMILES string of the molecule is CCOCCC1CSC(c2ccc(-c3ccc(-c4cc(F)c(C(F)(F)Oc5cc(F)c(F)c(F)c5)c(F)c4)c(F)c3)c(F)c2)SC1. The molecule has 5 rings (SSSR count). The highest BCUT2D eigenvalue weighted by Crippen LogP contribution is 2.47. The summed E-state index contributed by atoms with van der Waals surface area (Å²) in [5.41, 5.74) is -1.74. The second-order valence-corrected chi connectivity index (χ2v) is 13.0. The highest BCUT2D eigenvalue weighted by atomic mass is 32.2. The number of hydrogen-bond acceptors (Lipinski definition) is 4. The van der Waals surface area contributed by atoms with Crippen molar-refractivity contribution in [1.29, 1.82) is 0 Å². The number of halogens is 9. The molecule has 4 aromatic rings. The Balaban J connectivity index is 1.32. The molecule has 1 heterocycles. The van der Waals surface area contributed by atoms with E-state index < -0.39 is 63.7 Å². The van der Waals surface area contributed by atoms with E-state index in [2.05, 4.69) is 4.74 Å². The lowest BCUT2D eigenvalue weighted by Gasteiger charge is -2.28. The number of hydrogen-bond donors (Lipinski definition) is 0. The molecule has 1 aliphatic rings. The number of ether oxygens (including phenoxy) is 2. The van der Waals surface area contributed by atoms with Crippen LogP contribution in [0.4, 0.5) is 39.5 Å². The third kappa shape index (κ3) is 7.47. The van der Waals surface area contributed by atoms with Crippen molar-refractivity contribution in [2.24, 2.45) is 5.92 Å². The summed E-state index contributed by atoms with van der Waals surface area (Å²) in [6, 6.07) is 9.10. The molecule has 1 fully saturated rings. The Labute approximate surface area is 267 Å². The standard InChI is InChI=1S/C33H25F9O2S2/c1-2-43-8-7-17-15-45-32(46-16-17)19-4-6-22(25(35)10-19)18-3-5-23(24(34)9-18)20-11-26(36)30(27(37)12-20)33(41,42)44-21-13-28(38)31(40)29(39)14-21/h3-6,9-14,17,32H,2,7-8,15-16H2,1H3. The van der Waals surface area contributed by atoms with Gasteiger partial charge in [0.2, 0.25) is 0 Å². The maximum atomic E-state index is 15.2. The van der Waals surface area contributed by atoms with Gasteiger partial charge in [0.15, 0.2) is 17.5 Å². The summed E-state index contributed by atoms with van der Waals surface area (Å²) in [6.45, 7) is 3.33. The quantitative estimate of drug-likeness (QED) is 0.0938. The molecule has 0 atom stereocenters. The first-order valence-corrected chi connectivity index (χ1v) is 16.1. The van der Waals surface area contributed by atoms with E-state index >= 15 is 8.78 Å². The van der Waals surface area contributed by atoms with Crippen LogP contribution in [0.15, 0.2) is 60.7 Å². The van der Waals surface area contributed by atoms with Crippen molar-refractivity contribution < 1.29 is 49.0 Å². The number of benzene rings is 4. The van der Waals surface area contributed by atoms with Crippen LogP contribution in [0.5, 0.6) is 5.75 Å². The van der Waals surface area contributed by atoms with Gasteiger partial charge in [-0.2, -0.15) is 8.78 Å². The summed E-state index contributed by atoms with van der Waals surface area (Å²) in [6.07, 6.45) is -3.84. The van der Waals surface area contributed by atoms with E-state index in [0.29, 0.717) is 31.3 Å². The molecule has 13 heteroatoms. The molecule has 0 saturated carbocycles. The molecule has 1 aliphatic heterocycles. The fourth-order valence-electron chi connectivity index (χ4n) is 4.92. The van der Waals surface area contributed by atoms with Gasteiger partial charge in [-0.25, -0.2) is 30.7 Å². The summed E-state index contributed by atoms with van der Waals surface area (Å²) < 4.78 is 139. The number of thioether (sulfide) groups is 2. The van der Waals surface area contributed by atoms with Crippen LogP contribution < -0.4 is 4.74 Å². The summed E-state index contributed by atoms with van der Waals surface area (Å²) in [7, 11) is 0. The first-order chi connectivity index (χ1) is 21.9. The molecule has 0 unspecified atom stereocenters. The van der Waals surface area contributed by atoms with Crippen LogP contribution in [-0.2, 0) is 10.8 Å². The molecule has 46 heavy (non-hydrogen) atoms. The van der Waals surface area contributed by atoms with Gasteiger partial charge in [0, 0.05) is 36.5 Å². The molecule has 4 aromatic carbocycles. The van der Waals surface area contributed by atoms with Crippen molar-refractivity contribution in [1.82, 2.24) is 0 Å². The fourth-order valence-corrected chi connectivity index (χ4v) is 8.07. The molecular formula is C33H25F9O2S2. The molecule has 1 saturated heterocycles. The zero-order valence-corrected chi connectivity index (χ0v) is 25.6. The third-order valence-electron chi connectivity index (χ3n) is 7.23. The van der Waals surface area contributed by atoms with E-state index in [1.165, 1.54) is 18.2 Å². The van der Waals surface area contributed by atoms with E-state index in [1.54, 1.807) is 29.6 Å². The van der Waals surface area contributed by atoms with Crippen LogP contribution in [0, 0.1) is 46.6 Å². The summed E-state index contributed by atoms with van der Waals surface area (Å²) in [5.74, 6) is -9.87. The second-order valence-electron chi connectivity index (χ2n) is 10.4. The molecule has 0 bridgehead atoms. The van der Waals surface area contributed by atoms with Crippen molar-refractivity contribution in [3.8, 4) is 28.0 Å². The molecular weight excluding hydrogens is 663 g/mol. The predicted molar refractivity (Wildman–Crippen MR) is 160 cm³/mol. The van der Waals surface area contributed by atoms with Crippen LogP contribution in [0.2, 0.25) is 0 Å². The molecule has 0 radical (unpaired) electrons. The van der Waals surface area contributed by atoms with E-state index in [0.717, 1.165) is 35.6 Å². The van der Waals surface area contributed by atoms with Crippen LogP contribution in [-0.4, -0.2) is 24.7 Å². The highest BCUT2D eigenvalue weighted by Gasteiger charge is 2.41. The lowest BCUT2D eigenvalue weighted by molar-refractivity contribution is -0.189. The van der Waals surface area contributed by atoms with E-state index in [4.69, 9.17) is 4.74 Å². The van der Waals surface area contributed by atoms with Crippen molar-refractivity contribution in [3.05, 3.63) is 113 Å². The molecule has 0 aromatic heterocycles. The van der Waals surface area contributed by atoms with Gasteiger partial charge in [-0.3, -0.25) is 0 Å². The monoisotopic (exact) mass is 688 g/mol. The molecule has 0 N–H and O–H groups in total. The van der Waals surface area contributed by atoms with Gasteiger partial charge < -0.3 is 9.47 Å². The Morgan fingerprint density at radius 3 is 1.85 bits per heavy atom. The summed E-state index contributed by atoms with van der Waals surface area (Å²) in [4.78, 5) is 0.